The zero-order valence-electron chi connectivity index (χ0n) is 18.0. The molecule has 0 bridgehead atoms. The molecule has 0 aromatic heterocycles. The Kier molecular flexibility index (Phi) is 10.3. The summed E-state index contributed by atoms with van der Waals surface area (Å²) in [6.45, 7) is 13.6. The Balaban J connectivity index is 1.88. The summed E-state index contributed by atoms with van der Waals surface area (Å²) in [5, 5.41) is 2.78. The molecule has 0 spiro atoms. The lowest BCUT2D eigenvalue weighted by Crippen LogP contribution is -2.35. The highest BCUT2D eigenvalue weighted by Crippen LogP contribution is 2.19. The minimum absolute atomic E-state index is 0.262. The van der Waals surface area contributed by atoms with Crippen molar-refractivity contribution in [1.29, 1.82) is 0 Å². The van der Waals surface area contributed by atoms with E-state index in [-0.39, 0.29) is 9.28 Å². The molecule has 0 radical (unpaired) electrons. The van der Waals surface area contributed by atoms with Crippen LogP contribution in [0.4, 0.5) is 0 Å². The van der Waals surface area contributed by atoms with Gasteiger partial charge in [-0.2, -0.15) is 0 Å². The van der Waals surface area contributed by atoms with E-state index in [1.165, 1.54) is 10.4 Å². The van der Waals surface area contributed by atoms with Crippen LogP contribution in [-0.4, -0.2) is 53.3 Å². The molecule has 154 valence electrons. The Morgan fingerprint density at radius 1 is 0.679 bits per heavy atom. The third-order valence-electron chi connectivity index (χ3n) is 4.29. The lowest BCUT2D eigenvalue weighted by atomic mass is 10.3. The van der Waals surface area contributed by atoms with Crippen molar-refractivity contribution in [2.24, 2.45) is 0 Å². The lowest BCUT2D eigenvalue weighted by Gasteiger charge is -2.14. The maximum absolute atomic E-state index is 6.21. The summed E-state index contributed by atoms with van der Waals surface area (Å²) in [4.78, 5) is 0. The SMILES string of the molecule is C[SiH](C)OO[SiH2][SiH](C)c1ccc(Oc2ccc([SiH](C)O[SiH2][SiH](C)C)cc2)cc1. The van der Waals surface area contributed by atoms with Gasteiger partial charge in [0.2, 0.25) is 9.04 Å². The maximum Gasteiger partial charge on any atom is 0.216 e. The Hall–Kier alpha value is -0.579. The molecule has 4 nitrogen and oxygen atoms in total. The van der Waals surface area contributed by atoms with Crippen LogP contribution in [0.5, 0.6) is 11.5 Å². The Morgan fingerprint density at radius 2 is 1.21 bits per heavy atom. The first kappa shape index (κ1) is 23.7. The molecule has 2 unspecified atom stereocenters. The Labute approximate surface area is 180 Å². The molecule has 0 aliphatic rings. The number of hydrogen-bond acceptors (Lipinski definition) is 4. The molecule has 0 heterocycles. The highest BCUT2D eigenvalue weighted by molar-refractivity contribution is 7.16. The molecule has 0 N–H and O–H groups in total. The molecule has 28 heavy (non-hydrogen) atoms. The molecule has 0 aliphatic carbocycles. The van der Waals surface area contributed by atoms with Gasteiger partial charge in [0.15, 0.2) is 18.3 Å². The summed E-state index contributed by atoms with van der Waals surface area (Å²) in [5.74, 6) is 1.76. The molecule has 0 amide bonds. The summed E-state index contributed by atoms with van der Waals surface area (Å²) >= 11 is 0. The zero-order valence-corrected chi connectivity index (χ0v) is 25.4. The van der Waals surface area contributed by atoms with Crippen molar-refractivity contribution in [3.05, 3.63) is 48.5 Å². The van der Waals surface area contributed by atoms with Crippen LogP contribution in [0.3, 0.4) is 0 Å². The van der Waals surface area contributed by atoms with E-state index in [0.29, 0.717) is 0 Å². The highest BCUT2D eigenvalue weighted by atomic mass is 29.2. The van der Waals surface area contributed by atoms with Crippen molar-refractivity contribution in [1.82, 2.24) is 0 Å². The van der Waals surface area contributed by atoms with Crippen molar-refractivity contribution < 1.29 is 18.0 Å². The van der Waals surface area contributed by atoms with Crippen LogP contribution in [0.1, 0.15) is 0 Å². The van der Waals surface area contributed by atoms with E-state index in [2.05, 4.69) is 87.8 Å². The van der Waals surface area contributed by atoms with Gasteiger partial charge in [-0.1, -0.05) is 49.1 Å². The first-order valence-electron chi connectivity index (χ1n) is 10.1. The van der Waals surface area contributed by atoms with Gasteiger partial charge in [0.25, 0.3) is 0 Å². The van der Waals surface area contributed by atoms with E-state index in [1.807, 2.05) is 0 Å². The monoisotopic (exact) mass is 482 g/mol. The van der Waals surface area contributed by atoms with Gasteiger partial charge in [-0.25, -0.2) is 0 Å². The largest absolute Gasteiger partial charge is 0.462 e. The molecule has 10 heteroatoms. The summed E-state index contributed by atoms with van der Waals surface area (Å²) in [5.41, 5.74) is 0. The molecule has 2 rings (SSSR count). The van der Waals surface area contributed by atoms with Gasteiger partial charge in [0.1, 0.15) is 20.8 Å². The highest BCUT2D eigenvalue weighted by Gasteiger charge is 2.12. The second-order valence-corrected chi connectivity index (χ2v) is 30.2. The zero-order chi connectivity index (χ0) is 20.5. The number of rotatable bonds is 11. The van der Waals surface area contributed by atoms with Gasteiger partial charge in [-0.15, -0.1) is 0 Å². The minimum atomic E-state index is -1.23. The van der Waals surface area contributed by atoms with Crippen molar-refractivity contribution in [2.75, 3.05) is 0 Å². The van der Waals surface area contributed by atoms with E-state index in [9.17, 15) is 0 Å². The molecule has 0 saturated heterocycles. The van der Waals surface area contributed by atoms with Crippen molar-refractivity contribution in [2.45, 2.75) is 39.3 Å². The van der Waals surface area contributed by atoms with E-state index in [1.54, 1.807) is 0 Å². The maximum atomic E-state index is 6.21. The standard InChI is InChI=1S/C18H34O4Si6/c1-25(2)21-20-23-28(6)18-13-9-16(10-14-18)19-15-7-11-17(12-8-15)27(5)22-24-26(3)4/h7-14,25-28H,23-24H2,1-6H3. The molecule has 2 atom stereocenters. The average Bonchev–Trinajstić information content (AvgIpc) is 2.67. The van der Waals surface area contributed by atoms with Gasteiger partial charge in [-0.05, 0) is 49.1 Å². The molecule has 2 aromatic carbocycles. The van der Waals surface area contributed by atoms with Gasteiger partial charge < -0.3 is 18.0 Å². The quantitative estimate of drug-likeness (QED) is 0.268. The molecule has 2 aromatic rings. The summed E-state index contributed by atoms with van der Waals surface area (Å²) < 4.78 is 23.2. The fourth-order valence-corrected chi connectivity index (χ4v) is 18.2. The number of benzene rings is 2. The number of ether oxygens (including phenoxy) is 1. The van der Waals surface area contributed by atoms with E-state index in [4.69, 9.17) is 18.0 Å². The van der Waals surface area contributed by atoms with Crippen molar-refractivity contribution in [3.63, 3.8) is 0 Å². The second kappa shape index (κ2) is 12.2. The van der Waals surface area contributed by atoms with Crippen LogP contribution >= 0.6 is 0 Å². The van der Waals surface area contributed by atoms with Crippen molar-refractivity contribution >= 4 is 63.6 Å². The Bertz CT molecular complexity index is 696. The van der Waals surface area contributed by atoms with E-state index < -0.39 is 44.0 Å². The topological polar surface area (TPSA) is 36.9 Å². The molecular formula is C18H34O4Si6. The molecule has 0 fully saturated rings. The van der Waals surface area contributed by atoms with Crippen LogP contribution in [0, 0.1) is 0 Å². The fourth-order valence-electron chi connectivity index (χ4n) is 2.61. The van der Waals surface area contributed by atoms with Crippen LogP contribution in [-0.2, 0) is 13.3 Å². The summed E-state index contributed by atoms with van der Waals surface area (Å²) in [6.07, 6.45) is 0. The van der Waals surface area contributed by atoms with Crippen LogP contribution in [0.15, 0.2) is 48.5 Å². The summed E-state index contributed by atoms with van der Waals surface area (Å²) in [7, 11) is -4.67. The third kappa shape index (κ3) is 8.42. The smallest absolute Gasteiger partial charge is 0.216 e. The predicted octanol–water partition coefficient (Wildman–Crippen LogP) is 0.699. The van der Waals surface area contributed by atoms with Gasteiger partial charge in [0, 0.05) is 8.31 Å². The summed E-state index contributed by atoms with van der Waals surface area (Å²) in [6, 6.07) is 17.0. The van der Waals surface area contributed by atoms with Crippen LogP contribution < -0.4 is 15.1 Å². The fraction of sp³-hybridized carbons (Fsp3) is 0.333. The normalized spacial score (nSPS) is 14.6. The van der Waals surface area contributed by atoms with Gasteiger partial charge in [0.05, 0.1) is 8.31 Å². The molecule has 0 saturated carbocycles. The molecule has 0 aliphatic heterocycles. The van der Waals surface area contributed by atoms with E-state index >= 15 is 0 Å². The molecular weight excluding hydrogens is 449 g/mol. The second-order valence-electron chi connectivity index (χ2n) is 7.94. The van der Waals surface area contributed by atoms with Crippen LogP contribution in [0.25, 0.3) is 0 Å². The van der Waals surface area contributed by atoms with E-state index in [0.717, 1.165) is 11.5 Å². The average molecular weight is 483 g/mol. The lowest BCUT2D eigenvalue weighted by molar-refractivity contribution is -0.100. The minimum Gasteiger partial charge on any atom is -0.462 e. The van der Waals surface area contributed by atoms with Gasteiger partial charge >= 0.3 is 0 Å². The Morgan fingerprint density at radius 3 is 1.71 bits per heavy atom. The van der Waals surface area contributed by atoms with Crippen LogP contribution in [0.2, 0.25) is 39.3 Å². The number of hydrogen-bond donors (Lipinski definition) is 0. The first-order chi connectivity index (χ1) is 13.3. The van der Waals surface area contributed by atoms with Gasteiger partial charge in [-0.3, -0.25) is 0 Å². The first-order valence-corrected chi connectivity index (χ1v) is 26.8. The predicted molar refractivity (Wildman–Crippen MR) is 136 cm³/mol. The third-order valence-corrected chi connectivity index (χ3v) is 19.2. The van der Waals surface area contributed by atoms with Crippen molar-refractivity contribution in [3.8, 4) is 11.5 Å².